The predicted molar refractivity (Wildman–Crippen MR) is 148 cm³/mol. The monoisotopic (exact) mass is 546 g/mol. The summed E-state index contributed by atoms with van der Waals surface area (Å²) in [5.41, 5.74) is 3.84. The maximum atomic E-state index is 13.7. The largest absolute Gasteiger partial charge is 0.420 e. The fraction of sp³-hybridized carbons (Fsp3) is 0.321. The van der Waals surface area contributed by atoms with Crippen LogP contribution in [0.3, 0.4) is 0 Å². The molecule has 10 nitrogen and oxygen atoms in total. The number of amides is 1. The van der Waals surface area contributed by atoms with Crippen molar-refractivity contribution in [1.29, 1.82) is 0 Å². The van der Waals surface area contributed by atoms with E-state index in [2.05, 4.69) is 15.3 Å². The first-order valence-electron chi connectivity index (χ1n) is 12.9. The Labute approximate surface area is 227 Å². The highest BCUT2D eigenvalue weighted by Gasteiger charge is 2.26. The van der Waals surface area contributed by atoms with Gasteiger partial charge in [-0.15, -0.1) is 0 Å². The van der Waals surface area contributed by atoms with Gasteiger partial charge < -0.3 is 9.73 Å². The Balaban J connectivity index is 1.22. The number of carbonyl (C=O) groups is 1. The third-order valence-corrected chi connectivity index (χ3v) is 7.83. The zero-order valence-corrected chi connectivity index (χ0v) is 22.3. The minimum atomic E-state index is -0.504. The summed E-state index contributed by atoms with van der Waals surface area (Å²) in [4.78, 5) is 47.0. The van der Waals surface area contributed by atoms with Crippen molar-refractivity contribution in [3.05, 3.63) is 86.1 Å². The molecule has 0 bridgehead atoms. The van der Waals surface area contributed by atoms with Crippen molar-refractivity contribution in [3.63, 3.8) is 0 Å². The van der Waals surface area contributed by atoms with Crippen molar-refractivity contribution < 1.29 is 9.21 Å². The average molecular weight is 547 g/mol. The Bertz CT molecular complexity index is 1840. The normalized spacial score (nSPS) is 17.6. The molecule has 1 N–H and O–H groups in total. The van der Waals surface area contributed by atoms with Crippen molar-refractivity contribution in [2.75, 3.05) is 0 Å². The van der Waals surface area contributed by atoms with Crippen molar-refractivity contribution in [3.8, 4) is 5.69 Å². The van der Waals surface area contributed by atoms with Crippen LogP contribution in [0.1, 0.15) is 41.7 Å². The molecule has 0 atom stereocenters. The number of halogens is 1. The van der Waals surface area contributed by atoms with Crippen LogP contribution in [0.15, 0.2) is 62.8 Å². The van der Waals surface area contributed by atoms with Crippen molar-refractivity contribution in [1.82, 2.24) is 29.0 Å². The molecule has 39 heavy (non-hydrogen) atoms. The molecule has 1 saturated carbocycles. The first-order valence-corrected chi connectivity index (χ1v) is 13.3. The summed E-state index contributed by atoms with van der Waals surface area (Å²) >= 11 is 6.03. The molecule has 0 radical (unpaired) electrons. The van der Waals surface area contributed by atoms with Crippen LogP contribution >= 0.6 is 11.6 Å². The molecule has 1 aromatic carbocycles. The van der Waals surface area contributed by atoms with Gasteiger partial charge in [-0.2, -0.15) is 0 Å². The summed E-state index contributed by atoms with van der Waals surface area (Å²) in [7, 11) is 1.59. The van der Waals surface area contributed by atoms with E-state index in [1.807, 2.05) is 28.8 Å². The van der Waals surface area contributed by atoms with Gasteiger partial charge in [0, 0.05) is 31.9 Å². The predicted octanol–water partition coefficient (Wildman–Crippen LogP) is 3.98. The number of pyridine rings is 2. The van der Waals surface area contributed by atoms with Gasteiger partial charge in [0.15, 0.2) is 11.2 Å². The number of aryl methyl sites for hydroxylation is 2. The van der Waals surface area contributed by atoms with E-state index in [0.717, 1.165) is 36.7 Å². The van der Waals surface area contributed by atoms with Crippen LogP contribution in [0.2, 0.25) is 5.02 Å². The summed E-state index contributed by atoms with van der Waals surface area (Å²) in [6.45, 7) is 2.36. The smallest absolute Gasteiger partial charge is 0.406 e. The zero-order valence-electron chi connectivity index (χ0n) is 21.6. The van der Waals surface area contributed by atoms with Crippen LogP contribution in [0.5, 0.6) is 0 Å². The van der Waals surface area contributed by atoms with Gasteiger partial charge in [-0.3, -0.25) is 23.5 Å². The molecule has 5 aromatic rings. The van der Waals surface area contributed by atoms with Crippen molar-refractivity contribution >= 4 is 39.8 Å². The Morgan fingerprint density at radius 2 is 1.82 bits per heavy atom. The summed E-state index contributed by atoms with van der Waals surface area (Å²) in [5.74, 6) is -0.377. The number of benzene rings is 1. The number of aromatic nitrogens is 5. The Morgan fingerprint density at radius 1 is 1.08 bits per heavy atom. The van der Waals surface area contributed by atoms with Gasteiger partial charge in [-0.05, 0) is 56.7 Å². The van der Waals surface area contributed by atoms with E-state index in [-0.39, 0.29) is 23.6 Å². The zero-order chi connectivity index (χ0) is 27.3. The molecule has 200 valence electrons. The van der Waals surface area contributed by atoms with Crippen LogP contribution in [-0.4, -0.2) is 35.6 Å². The SMILES string of the molecule is Cc1ncc(Cl)cc1C(=O)NC1CCC(Cn2c(=O)n(-c3cnc4c(c3)oc(=O)n4C)c3ccccc32)CC1. The highest BCUT2D eigenvalue weighted by atomic mass is 35.5. The highest BCUT2D eigenvalue weighted by molar-refractivity contribution is 6.30. The maximum absolute atomic E-state index is 13.7. The average Bonchev–Trinajstić information content (AvgIpc) is 3.37. The lowest BCUT2D eigenvalue weighted by Crippen LogP contribution is -2.39. The number of fused-ring (bicyclic) bond motifs is 2. The lowest BCUT2D eigenvalue weighted by Gasteiger charge is -2.29. The van der Waals surface area contributed by atoms with Gasteiger partial charge in [-0.1, -0.05) is 23.7 Å². The summed E-state index contributed by atoms with van der Waals surface area (Å²) in [6.07, 6.45) is 6.53. The fourth-order valence-electron chi connectivity index (χ4n) is 5.51. The number of para-hydroxylation sites is 2. The number of hydrogen-bond acceptors (Lipinski definition) is 6. The summed E-state index contributed by atoms with van der Waals surface area (Å²) in [5, 5.41) is 3.56. The lowest BCUT2D eigenvalue weighted by atomic mass is 9.85. The standard InChI is InChI=1S/C28H27ClN6O4/c1-16-21(11-18(29)13-30-16)26(36)32-19-9-7-17(8-10-19)15-34-22-5-3-4-6-23(22)35(27(34)37)20-12-24-25(31-14-20)33(2)28(38)39-24/h3-6,11-14,17,19H,7-10,15H2,1-2H3,(H,32,36). The van der Waals surface area contributed by atoms with E-state index in [9.17, 15) is 14.4 Å². The fourth-order valence-corrected chi connectivity index (χ4v) is 5.67. The third-order valence-electron chi connectivity index (χ3n) is 7.62. The van der Waals surface area contributed by atoms with Crippen LogP contribution < -0.4 is 16.8 Å². The number of imidazole rings is 1. The van der Waals surface area contributed by atoms with Gasteiger partial charge in [-0.25, -0.2) is 14.6 Å². The van der Waals surface area contributed by atoms with Crippen LogP contribution in [-0.2, 0) is 13.6 Å². The van der Waals surface area contributed by atoms with Crippen molar-refractivity contribution in [2.45, 2.75) is 45.2 Å². The second-order valence-corrected chi connectivity index (χ2v) is 10.6. The topological polar surface area (TPSA) is 117 Å². The molecule has 1 amide bonds. The second-order valence-electron chi connectivity index (χ2n) is 10.1. The lowest BCUT2D eigenvalue weighted by molar-refractivity contribution is 0.0919. The van der Waals surface area contributed by atoms with Crippen LogP contribution in [0.4, 0.5) is 0 Å². The molecule has 1 aliphatic carbocycles. The molecular weight excluding hydrogens is 520 g/mol. The van der Waals surface area contributed by atoms with Gasteiger partial charge in [0.25, 0.3) is 5.91 Å². The molecular formula is C28H27ClN6O4. The van der Waals surface area contributed by atoms with Gasteiger partial charge in [0.2, 0.25) is 0 Å². The molecule has 0 unspecified atom stereocenters. The molecule has 4 heterocycles. The number of oxazole rings is 1. The quantitative estimate of drug-likeness (QED) is 0.356. The second kappa shape index (κ2) is 9.85. The number of hydrogen-bond donors (Lipinski definition) is 1. The molecule has 0 saturated heterocycles. The number of rotatable bonds is 5. The Morgan fingerprint density at radius 3 is 2.59 bits per heavy atom. The van der Waals surface area contributed by atoms with Crippen LogP contribution in [0, 0.1) is 12.8 Å². The van der Waals surface area contributed by atoms with E-state index < -0.39 is 5.76 Å². The van der Waals surface area contributed by atoms with E-state index in [4.69, 9.17) is 16.0 Å². The van der Waals surface area contributed by atoms with E-state index in [0.29, 0.717) is 39.7 Å². The molecule has 6 rings (SSSR count). The van der Waals surface area contributed by atoms with Gasteiger partial charge >= 0.3 is 11.4 Å². The molecule has 4 aromatic heterocycles. The minimum Gasteiger partial charge on any atom is -0.406 e. The summed E-state index contributed by atoms with van der Waals surface area (Å²) in [6, 6.07) is 11.0. The first-order chi connectivity index (χ1) is 18.8. The van der Waals surface area contributed by atoms with Gasteiger partial charge in [0.1, 0.15) is 0 Å². The van der Waals surface area contributed by atoms with E-state index >= 15 is 0 Å². The number of nitrogens with zero attached hydrogens (tertiary/aromatic N) is 5. The van der Waals surface area contributed by atoms with Crippen molar-refractivity contribution in [2.24, 2.45) is 13.0 Å². The van der Waals surface area contributed by atoms with Crippen LogP contribution in [0.25, 0.3) is 28.0 Å². The number of nitrogens with one attached hydrogen (secondary N) is 1. The summed E-state index contributed by atoms with van der Waals surface area (Å²) < 4.78 is 10.1. The Hall–Kier alpha value is -4.18. The molecule has 0 spiro atoms. The maximum Gasteiger partial charge on any atom is 0.420 e. The molecule has 1 fully saturated rings. The van der Waals surface area contributed by atoms with E-state index in [1.54, 1.807) is 36.9 Å². The van der Waals surface area contributed by atoms with Gasteiger partial charge in [0.05, 0.1) is 39.2 Å². The first kappa shape index (κ1) is 25.1. The molecule has 11 heteroatoms. The molecule has 1 aliphatic rings. The molecule has 0 aliphatic heterocycles. The Kier molecular flexibility index (Phi) is 6.34. The highest BCUT2D eigenvalue weighted by Crippen LogP contribution is 2.28. The minimum absolute atomic E-state index is 0.0588. The third kappa shape index (κ3) is 4.54. The van der Waals surface area contributed by atoms with E-state index in [1.165, 1.54) is 10.8 Å². The number of carbonyl (C=O) groups excluding carboxylic acids is 1.